The Hall–Kier alpha value is -2.04. The molecule has 2 heterocycles. The highest BCUT2D eigenvalue weighted by atomic mass is 16.2. The summed E-state index contributed by atoms with van der Waals surface area (Å²) in [7, 11) is 0. The van der Waals surface area contributed by atoms with Crippen molar-refractivity contribution in [1.82, 2.24) is 14.9 Å². The van der Waals surface area contributed by atoms with Crippen LogP contribution >= 0.6 is 0 Å². The van der Waals surface area contributed by atoms with Crippen molar-refractivity contribution in [2.24, 2.45) is 11.8 Å². The van der Waals surface area contributed by atoms with Gasteiger partial charge in [-0.25, -0.2) is 4.98 Å². The number of imidazole rings is 1. The first kappa shape index (κ1) is 19.3. The van der Waals surface area contributed by atoms with Gasteiger partial charge >= 0.3 is 0 Å². The van der Waals surface area contributed by atoms with Crippen LogP contribution in [0.4, 0.5) is 5.95 Å². The van der Waals surface area contributed by atoms with Crippen molar-refractivity contribution in [2.45, 2.75) is 71.4 Å². The number of hydrogen-bond acceptors (Lipinski definition) is 3. The number of amides is 1. The molecule has 152 valence electrons. The number of carbonyl (C=O) groups excluding carboxylic acids is 1. The first-order valence-corrected chi connectivity index (χ1v) is 11.1. The summed E-state index contributed by atoms with van der Waals surface area (Å²) < 4.78 is 2.44. The summed E-state index contributed by atoms with van der Waals surface area (Å²) in [6, 6.07) is 8.68. The van der Waals surface area contributed by atoms with Gasteiger partial charge in [0.25, 0.3) is 0 Å². The van der Waals surface area contributed by atoms with Crippen LogP contribution in [0.25, 0.3) is 11.0 Å². The number of nitrogens with zero attached hydrogens (tertiary/aromatic N) is 3. The van der Waals surface area contributed by atoms with Gasteiger partial charge in [0.1, 0.15) is 0 Å². The molecule has 28 heavy (non-hydrogen) atoms. The standard InChI is InChI=1S/C23H34N4O/c1-17(2)24-22(28)19-11-8-14-26(16-19)23-25-20-12-6-7-13-21(20)27(23)15-18-9-4-3-5-10-18/h6-7,12-13,17-19H,3-5,8-11,14-16H2,1-2H3,(H,24,28). The SMILES string of the molecule is CC(C)NC(=O)C1CCCN(c2nc3ccccc3n2CC2CCCCC2)C1. The fourth-order valence-corrected chi connectivity index (χ4v) is 4.89. The molecule has 1 saturated heterocycles. The van der Waals surface area contributed by atoms with Gasteiger partial charge in [0, 0.05) is 25.7 Å². The molecule has 1 aliphatic heterocycles. The molecule has 5 heteroatoms. The normalized spacial score (nSPS) is 21.4. The number of piperidine rings is 1. The molecule has 1 amide bonds. The number of fused-ring (bicyclic) bond motifs is 1. The summed E-state index contributed by atoms with van der Waals surface area (Å²) in [5.74, 6) is 2.05. The van der Waals surface area contributed by atoms with Crippen molar-refractivity contribution in [3.05, 3.63) is 24.3 Å². The molecular formula is C23H34N4O. The second-order valence-electron chi connectivity index (χ2n) is 8.96. The molecule has 1 unspecified atom stereocenters. The predicted molar refractivity (Wildman–Crippen MR) is 115 cm³/mol. The molecule has 1 saturated carbocycles. The number of benzene rings is 1. The van der Waals surface area contributed by atoms with Gasteiger partial charge in [0.05, 0.1) is 17.0 Å². The Balaban J connectivity index is 1.60. The molecule has 0 bridgehead atoms. The highest BCUT2D eigenvalue weighted by Gasteiger charge is 2.29. The number of nitrogens with one attached hydrogen (secondary N) is 1. The fourth-order valence-electron chi connectivity index (χ4n) is 4.89. The number of anilines is 1. The van der Waals surface area contributed by atoms with Crippen molar-refractivity contribution in [3.8, 4) is 0 Å². The zero-order valence-corrected chi connectivity index (χ0v) is 17.4. The van der Waals surface area contributed by atoms with Crippen molar-refractivity contribution < 1.29 is 4.79 Å². The Morgan fingerprint density at radius 1 is 1.14 bits per heavy atom. The lowest BCUT2D eigenvalue weighted by atomic mass is 9.89. The first-order valence-electron chi connectivity index (χ1n) is 11.1. The molecule has 0 radical (unpaired) electrons. The van der Waals surface area contributed by atoms with Crippen LogP contribution in [-0.4, -0.2) is 34.6 Å². The molecular weight excluding hydrogens is 348 g/mol. The summed E-state index contributed by atoms with van der Waals surface area (Å²) >= 11 is 0. The molecule has 1 aromatic carbocycles. The van der Waals surface area contributed by atoms with E-state index in [9.17, 15) is 4.79 Å². The van der Waals surface area contributed by atoms with Crippen LogP contribution in [0.15, 0.2) is 24.3 Å². The highest BCUT2D eigenvalue weighted by Crippen LogP contribution is 2.31. The lowest BCUT2D eigenvalue weighted by Gasteiger charge is -2.34. The minimum atomic E-state index is 0.0547. The van der Waals surface area contributed by atoms with E-state index < -0.39 is 0 Å². The van der Waals surface area contributed by atoms with Crippen LogP contribution in [0.3, 0.4) is 0 Å². The number of rotatable bonds is 5. The Labute approximate surface area is 168 Å². The van der Waals surface area contributed by atoms with Crippen LogP contribution in [0.5, 0.6) is 0 Å². The van der Waals surface area contributed by atoms with Crippen LogP contribution < -0.4 is 10.2 Å². The molecule has 5 nitrogen and oxygen atoms in total. The lowest BCUT2D eigenvalue weighted by molar-refractivity contribution is -0.125. The topological polar surface area (TPSA) is 50.2 Å². The van der Waals surface area contributed by atoms with Gasteiger partial charge in [-0.05, 0) is 57.6 Å². The Morgan fingerprint density at radius 2 is 1.93 bits per heavy atom. The fraction of sp³-hybridized carbons (Fsp3) is 0.652. The van der Waals surface area contributed by atoms with E-state index in [0.717, 1.165) is 49.9 Å². The lowest BCUT2D eigenvalue weighted by Crippen LogP contribution is -2.45. The van der Waals surface area contributed by atoms with E-state index in [0.29, 0.717) is 0 Å². The minimum absolute atomic E-state index is 0.0547. The summed E-state index contributed by atoms with van der Waals surface area (Å²) in [5, 5.41) is 3.10. The summed E-state index contributed by atoms with van der Waals surface area (Å²) in [6.45, 7) is 6.87. The molecule has 4 rings (SSSR count). The van der Waals surface area contributed by atoms with Crippen molar-refractivity contribution in [1.29, 1.82) is 0 Å². The quantitative estimate of drug-likeness (QED) is 0.836. The average Bonchev–Trinajstić information content (AvgIpc) is 3.07. The van der Waals surface area contributed by atoms with Gasteiger partial charge in [0.2, 0.25) is 11.9 Å². The number of carbonyl (C=O) groups is 1. The maximum Gasteiger partial charge on any atom is 0.225 e. The summed E-state index contributed by atoms with van der Waals surface area (Å²) in [4.78, 5) is 20.0. The molecule has 1 aromatic heterocycles. The van der Waals surface area contributed by atoms with E-state index in [4.69, 9.17) is 4.98 Å². The number of aromatic nitrogens is 2. The average molecular weight is 383 g/mol. The van der Waals surface area contributed by atoms with Crippen molar-refractivity contribution in [3.63, 3.8) is 0 Å². The maximum atomic E-state index is 12.6. The zero-order chi connectivity index (χ0) is 19.5. The van der Waals surface area contributed by atoms with Crippen molar-refractivity contribution in [2.75, 3.05) is 18.0 Å². The van der Waals surface area contributed by atoms with E-state index in [-0.39, 0.29) is 17.9 Å². The molecule has 0 spiro atoms. The molecule has 2 aromatic rings. The van der Waals surface area contributed by atoms with Gasteiger partial charge in [-0.3, -0.25) is 4.79 Å². The predicted octanol–water partition coefficient (Wildman–Crippen LogP) is 4.36. The molecule has 1 N–H and O–H groups in total. The maximum absolute atomic E-state index is 12.6. The van der Waals surface area contributed by atoms with Crippen molar-refractivity contribution >= 4 is 22.9 Å². The molecule has 1 aliphatic carbocycles. The smallest absolute Gasteiger partial charge is 0.225 e. The first-order chi connectivity index (χ1) is 13.6. The monoisotopic (exact) mass is 382 g/mol. The van der Waals surface area contributed by atoms with E-state index in [1.165, 1.54) is 37.6 Å². The molecule has 2 aliphatic rings. The van der Waals surface area contributed by atoms with E-state index >= 15 is 0 Å². The van der Waals surface area contributed by atoms with E-state index in [1.807, 2.05) is 13.8 Å². The van der Waals surface area contributed by atoms with Gasteiger partial charge in [-0.15, -0.1) is 0 Å². The minimum Gasteiger partial charge on any atom is -0.354 e. The Morgan fingerprint density at radius 3 is 2.71 bits per heavy atom. The number of hydrogen-bond donors (Lipinski definition) is 1. The summed E-state index contributed by atoms with van der Waals surface area (Å²) in [5.41, 5.74) is 2.30. The van der Waals surface area contributed by atoms with Gasteiger partial charge < -0.3 is 14.8 Å². The highest BCUT2D eigenvalue weighted by molar-refractivity contribution is 5.81. The second-order valence-corrected chi connectivity index (χ2v) is 8.96. The van der Waals surface area contributed by atoms with Crippen LogP contribution in [0, 0.1) is 11.8 Å². The van der Waals surface area contributed by atoms with Gasteiger partial charge in [0.15, 0.2) is 0 Å². The Bertz CT molecular complexity index is 806. The van der Waals surface area contributed by atoms with Crippen LogP contribution in [0.2, 0.25) is 0 Å². The van der Waals surface area contributed by atoms with Gasteiger partial charge in [-0.1, -0.05) is 31.4 Å². The third-order valence-electron chi connectivity index (χ3n) is 6.31. The van der Waals surface area contributed by atoms with Gasteiger partial charge in [-0.2, -0.15) is 0 Å². The molecule has 2 fully saturated rings. The largest absolute Gasteiger partial charge is 0.354 e. The Kier molecular flexibility index (Phi) is 5.88. The third kappa shape index (κ3) is 4.18. The third-order valence-corrected chi connectivity index (χ3v) is 6.31. The molecule has 1 atom stereocenters. The zero-order valence-electron chi connectivity index (χ0n) is 17.4. The van der Waals surface area contributed by atoms with E-state index in [2.05, 4.69) is 39.0 Å². The number of para-hydroxylation sites is 2. The van der Waals surface area contributed by atoms with E-state index in [1.54, 1.807) is 0 Å². The summed E-state index contributed by atoms with van der Waals surface area (Å²) in [6.07, 6.45) is 8.76. The van der Waals surface area contributed by atoms with Crippen LogP contribution in [-0.2, 0) is 11.3 Å². The second kappa shape index (κ2) is 8.54. The van der Waals surface area contributed by atoms with Crippen LogP contribution in [0.1, 0.15) is 58.8 Å².